The van der Waals surface area contributed by atoms with Crippen LogP contribution in [0.5, 0.6) is 0 Å². The first kappa shape index (κ1) is 16.9. The van der Waals surface area contributed by atoms with Gasteiger partial charge in [0.2, 0.25) is 5.91 Å². The SMILES string of the molecule is CN(CC(=O)O)[C@H]1CN(CC(=O)N2CCc3ccccc32)C[C@H]1O. The third kappa shape index (κ3) is 3.43. The molecule has 24 heavy (non-hydrogen) atoms. The molecule has 2 heterocycles. The molecular weight excluding hydrogens is 310 g/mol. The maximum Gasteiger partial charge on any atom is 0.317 e. The minimum Gasteiger partial charge on any atom is -0.480 e. The Morgan fingerprint density at radius 2 is 2.04 bits per heavy atom. The van der Waals surface area contributed by atoms with Crippen LogP contribution in [0.25, 0.3) is 0 Å². The van der Waals surface area contributed by atoms with Crippen LogP contribution < -0.4 is 4.90 Å². The number of para-hydroxylation sites is 1. The number of carboxylic acids is 1. The van der Waals surface area contributed by atoms with E-state index >= 15 is 0 Å². The maximum absolute atomic E-state index is 12.6. The van der Waals surface area contributed by atoms with E-state index in [1.54, 1.807) is 16.8 Å². The summed E-state index contributed by atoms with van der Waals surface area (Å²) in [5, 5.41) is 19.1. The Labute approximate surface area is 141 Å². The Hall–Kier alpha value is -1.96. The number of aliphatic hydroxyl groups is 1. The van der Waals surface area contributed by atoms with Gasteiger partial charge < -0.3 is 15.1 Å². The van der Waals surface area contributed by atoms with Crippen molar-refractivity contribution in [2.75, 3.05) is 44.7 Å². The predicted molar refractivity (Wildman–Crippen MR) is 89.0 cm³/mol. The second-order valence-corrected chi connectivity index (χ2v) is 6.56. The number of β-amino-alcohol motifs (C(OH)–C–C–N with tert-alkyl or cyclic N) is 1. The number of carboxylic acid groups (broad SMARTS) is 1. The van der Waals surface area contributed by atoms with Gasteiger partial charge in [-0.1, -0.05) is 18.2 Å². The molecule has 0 spiro atoms. The molecular formula is C17H23N3O4. The highest BCUT2D eigenvalue weighted by Gasteiger charge is 2.36. The molecule has 2 N–H and O–H groups in total. The van der Waals surface area contributed by atoms with Gasteiger partial charge in [-0.25, -0.2) is 0 Å². The molecule has 1 aromatic carbocycles. The van der Waals surface area contributed by atoms with Gasteiger partial charge in [-0.05, 0) is 25.1 Å². The van der Waals surface area contributed by atoms with Crippen molar-refractivity contribution in [3.05, 3.63) is 29.8 Å². The number of carbonyl (C=O) groups excluding carboxylic acids is 1. The van der Waals surface area contributed by atoms with Crippen molar-refractivity contribution < 1.29 is 19.8 Å². The number of amides is 1. The second kappa shape index (κ2) is 6.88. The first-order chi connectivity index (χ1) is 11.5. The summed E-state index contributed by atoms with van der Waals surface area (Å²) in [5.41, 5.74) is 2.16. The van der Waals surface area contributed by atoms with Crippen molar-refractivity contribution in [1.82, 2.24) is 9.80 Å². The van der Waals surface area contributed by atoms with Crippen LogP contribution in [0, 0.1) is 0 Å². The van der Waals surface area contributed by atoms with E-state index in [-0.39, 0.29) is 25.0 Å². The van der Waals surface area contributed by atoms with E-state index in [4.69, 9.17) is 5.11 Å². The van der Waals surface area contributed by atoms with E-state index in [9.17, 15) is 14.7 Å². The van der Waals surface area contributed by atoms with Crippen molar-refractivity contribution in [1.29, 1.82) is 0 Å². The molecule has 7 heteroatoms. The lowest BCUT2D eigenvalue weighted by atomic mass is 10.2. The monoisotopic (exact) mass is 333 g/mol. The van der Waals surface area contributed by atoms with Gasteiger partial charge in [-0.3, -0.25) is 19.4 Å². The molecule has 0 bridgehead atoms. The van der Waals surface area contributed by atoms with Crippen molar-refractivity contribution in [3.8, 4) is 0 Å². The van der Waals surface area contributed by atoms with Gasteiger partial charge in [0, 0.05) is 31.4 Å². The fraction of sp³-hybridized carbons (Fsp3) is 0.529. The van der Waals surface area contributed by atoms with Crippen LogP contribution in [0.1, 0.15) is 5.56 Å². The highest BCUT2D eigenvalue weighted by atomic mass is 16.4. The molecule has 0 aromatic heterocycles. The number of nitrogens with zero attached hydrogens (tertiary/aromatic N) is 3. The Morgan fingerprint density at radius 1 is 1.29 bits per heavy atom. The number of fused-ring (bicyclic) bond motifs is 1. The van der Waals surface area contributed by atoms with Gasteiger partial charge in [0.25, 0.3) is 0 Å². The predicted octanol–water partition coefficient (Wildman–Crippen LogP) is -0.363. The lowest BCUT2D eigenvalue weighted by Crippen LogP contribution is -2.43. The zero-order chi connectivity index (χ0) is 17.3. The number of rotatable bonds is 5. The van der Waals surface area contributed by atoms with Crippen LogP contribution in [0.3, 0.4) is 0 Å². The van der Waals surface area contributed by atoms with Crippen LogP contribution in [0.4, 0.5) is 5.69 Å². The molecule has 2 aliphatic heterocycles. The number of carbonyl (C=O) groups is 2. The molecule has 0 saturated carbocycles. The molecule has 1 amide bonds. The van der Waals surface area contributed by atoms with Gasteiger partial charge in [0.15, 0.2) is 0 Å². The van der Waals surface area contributed by atoms with E-state index in [0.717, 1.165) is 12.1 Å². The molecule has 130 valence electrons. The molecule has 7 nitrogen and oxygen atoms in total. The molecule has 2 atom stereocenters. The number of benzene rings is 1. The molecule has 0 unspecified atom stereocenters. The number of anilines is 1. The largest absolute Gasteiger partial charge is 0.480 e. The summed E-state index contributed by atoms with van der Waals surface area (Å²) in [6.45, 7) is 1.69. The van der Waals surface area contributed by atoms with E-state index in [0.29, 0.717) is 19.6 Å². The highest BCUT2D eigenvalue weighted by molar-refractivity contribution is 5.96. The summed E-state index contributed by atoms with van der Waals surface area (Å²) in [6, 6.07) is 7.65. The Balaban J connectivity index is 1.59. The minimum atomic E-state index is -0.923. The molecule has 2 aliphatic rings. The summed E-state index contributed by atoms with van der Waals surface area (Å²) in [7, 11) is 1.68. The molecule has 1 aromatic rings. The second-order valence-electron chi connectivity index (χ2n) is 6.56. The normalized spacial score (nSPS) is 23.7. The van der Waals surface area contributed by atoms with Gasteiger partial charge >= 0.3 is 5.97 Å². The standard InChI is InChI=1S/C17H23N3O4/c1-18(11-17(23)24)14-8-19(9-15(14)21)10-16(22)20-7-6-12-4-2-3-5-13(12)20/h2-5,14-15,21H,6-11H2,1H3,(H,23,24)/t14-,15+/m0/s1. The smallest absolute Gasteiger partial charge is 0.317 e. The Bertz CT molecular complexity index is 636. The van der Waals surface area contributed by atoms with Crippen molar-refractivity contribution >= 4 is 17.6 Å². The molecule has 1 saturated heterocycles. The van der Waals surface area contributed by atoms with Crippen LogP contribution in [-0.4, -0.2) is 83.8 Å². The highest BCUT2D eigenvalue weighted by Crippen LogP contribution is 2.27. The average molecular weight is 333 g/mol. The van der Waals surface area contributed by atoms with E-state index < -0.39 is 12.1 Å². The molecule has 0 radical (unpaired) electrons. The number of hydrogen-bond acceptors (Lipinski definition) is 5. The number of aliphatic hydroxyl groups excluding tert-OH is 1. The molecule has 0 aliphatic carbocycles. The van der Waals surface area contributed by atoms with Gasteiger partial charge in [-0.15, -0.1) is 0 Å². The van der Waals surface area contributed by atoms with Gasteiger partial charge in [-0.2, -0.15) is 0 Å². The Morgan fingerprint density at radius 3 is 2.79 bits per heavy atom. The van der Waals surface area contributed by atoms with E-state index in [2.05, 4.69) is 0 Å². The lowest BCUT2D eigenvalue weighted by Gasteiger charge is -2.25. The summed E-state index contributed by atoms with van der Waals surface area (Å²) in [4.78, 5) is 28.8. The van der Waals surface area contributed by atoms with Crippen LogP contribution in [-0.2, 0) is 16.0 Å². The van der Waals surface area contributed by atoms with E-state index in [1.807, 2.05) is 29.2 Å². The van der Waals surface area contributed by atoms with Crippen LogP contribution in [0.15, 0.2) is 24.3 Å². The first-order valence-corrected chi connectivity index (χ1v) is 8.16. The third-order valence-corrected chi connectivity index (χ3v) is 4.83. The zero-order valence-corrected chi connectivity index (χ0v) is 13.8. The van der Waals surface area contributed by atoms with Crippen molar-refractivity contribution in [2.45, 2.75) is 18.6 Å². The quantitative estimate of drug-likeness (QED) is 0.765. The average Bonchev–Trinajstić information content (AvgIpc) is 3.10. The molecule has 3 rings (SSSR count). The van der Waals surface area contributed by atoms with Crippen molar-refractivity contribution in [3.63, 3.8) is 0 Å². The summed E-state index contributed by atoms with van der Waals surface area (Å²) in [6.07, 6.45) is 0.224. The number of likely N-dealkylation sites (N-methyl/N-ethyl adjacent to an activating group) is 1. The van der Waals surface area contributed by atoms with Crippen LogP contribution in [0.2, 0.25) is 0 Å². The third-order valence-electron chi connectivity index (χ3n) is 4.83. The van der Waals surface area contributed by atoms with Gasteiger partial charge in [0.05, 0.1) is 19.2 Å². The fourth-order valence-electron chi connectivity index (χ4n) is 3.61. The van der Waals surface area contributed by atoms with Crippen molar-refractivity contribution in [2.24, 2.45) is 0 Å². The number of likely N-dealkylation sites (tertiary alicyclic amines) is 1. The lowest BCUT2D eigenvalue weighted by molar-refractivity contribution is -0.138. The fourth-order valence-corrected chi connectivity index (χ4v) is 3.61. The van der Waals surface area contributed by atoms with E-state index in [1.165, 1.54) is 5.56 Å². The first-order valence-electron chi connectivity index (χ1n) is 8.16. The van der Waals surface area contributed by atoms with Gasteiger partial charge in [0.1, 0.15) is 0 Å². The summed E-state index contributed by atoms with van der Waals surface area (Å²) < 4.78 is 0. The summed E-state index contributed by atoms with van der Waals surface area (Å²) >= 11 is 0. The molecule has 1 fully saturated rings. The Kier molecular flexibility index (Phi) is 4.84. The van der Waals surface area contributed by atoms with Crippen LogP contribution >= 0.6 is 0 Å². The maximum atomic E-state index is 12.6. The number of hydrogen-bond donors (Lipinski definition) is 2. The topological polar surface area (TPSA) is 84.3 Å². The minimum absolute atomic E-state index is 0.0219. The number of aliphatic carboxylic acids is 1. The zero-order valence-electron chi connectivity index (χ0n) is 13.8. The summed E-state index contributed by atoms with van der Waals surface area (Å²) in [5.74, 6) is -0.901.